The van der Waals surface area contributed by atoms with E-state index in [0.717, 1.165) is 41.4 Å². The van der Waals surface area contributed by atoms with E-state index in [-0.39, 0.29) is 5.41 Å². The van der Waals surface area contributed by atoms with E-state index in [1.165, 1.54) is 24.8 Å². The number of rotatable bonds is 4. The fraction of sp³-hybridized carbons (Fsp3) is 0.696. The Morgan fingerprint density at radius 1 is 1.12 bits per heavy atom. The van der Waals surface area contributed by atoms with E-state index < -0.39 is 0 Å². The Kier molecular flexibility index (Phi) is 6.90. The Balaban J connectivity index is 0.000000197. The number of aromatic nitrogens is 2. The van der Waals surface area contributed by atoms with Gasteiger partial charge in [-0.3, -0.25) is 4.90 Å². The molecule has 0 bridgehead atoms. The van der Waals surface area contributed by atoms with Crippen molar-refractivity contribution in [2.24, 2.45) is 0 Å². The maximum Gasteiger partial charge on any atom is 0.106 e. The quantitative estimate of drug-likeness (QED) is 0.719. The minimum atomic E-state index is 0.200. The number of hydrogen-bond acceptors (Lipinski definition) is 2. The van der Waals surface area contributed by atoms with Crippen LogP contribution in [0, 0.1) is 0 Å². The second-order valence-corrected chi connectivity index (χ2v) is 9.24. The molecule has 1 aliphatic carbocycles. The van der Waals surface area contributed by atoms with E-state index in [9.17, 15) is 0 Å². The number of H-pyrrole nitrogens is 1. The van der Waals surface area contributed by atoms with Gasteiger partial charge in [0.2, 0.25) is 0 Å². The summed E-state index contributed by atoms with van der Waals surface area (Å²) in [6.45, 7) is 18.0. The van der Waals surface area contributed by atoms with Crippen molar-refractivity contribution in [2.75, 3.05) is 0 Å². The standard InChI is InChI=1S/C13H18N2.C10H21N/c1-5-12-14-10-7-6-9(13(2,3)4)8-11(10)15-12;1-8(2)11(9(3)4)10-6-5-7-10/h6-8H,5H2,1-4H3,(H,14,15);8-10H,5-7H2,1-4H3. The molecule has 2 aromatic rings. The van der Waals surface area contributed by atoms with Crippen LogP contribution in [-0.4, -0.2) is 33.0 Å². The molecule has 3 rings (SSSR count). The average molecular weight is 358 g/mol. The lowest BCUT2D eigenvalue weighted by atomic mass is 9.87. The number of benzene rings is 1. The first-order chi connectivity index (χ1) is 12.1. The number of fused-ring (bicyclic) bond motifs is 1. The lowest BCUT2D eigenvalue weighted by Crippen LogP contribution is -2.48. The van der Waals surface area contributed by atoms with E-state index >= 15 is 0 Å². The van der Waals surface area contributed by atoms with Crippen molar-refractivity contribution in [1.82, 2.24) is 14.9 Å². The summed E-state index contributed by atoms with van der Waals surface area (Å²) in [6, 6.07) is 8.82. The Bertz CT molecular complexity index is 679. The highest BCUT2D eigenvalue weighted by Crippen LogP contribution is 2.28. The van der Waals surface area contributed by atoms with E-state index in [4.69, 9.17) is 0 Å². The summed E-state index contributed by atoms with van der Waals surface area (Å²) >= 11 is 0. The minimum Gasteiger partial charge on any atom is -0.342 e. The lowest BCUT2D eigenvalue weighted by Gasteiger charge is -2.43. The molecule has 1 heterocycles. The summed E-state index contributed by atoms with van der Waals surface area (Å²) in [5.74, 6) is 1.07. The maximum absolute atomic E-state index is 4.50. The van der Waals surface area contributed by atoms with Crippen molar-refractivity contribution in [3.8, 4) is 0 Å². The van der Waals surface area contributed by atoms with Gasteiger partial charge in [-0.2, -0.15) is 0 Å². The fourth-order valence-electron chi connectivity index (χ4n) is 3.82. The molecule has 1 saturated carbocycles. The summed E-state index contributed by atoms with van der Waals surface area (Å²) in [4.78, 5) is 10.5. The predicted octanol–water partition coefficient (Wildman–Crippen LogP) is 6.08. The van der Waals surface area contributed by atoms with Gasteiger partial charge < -0.3 is 4.98 Å². The first-order valence-corrected chi connectivity index (χ1v) is 10.4. The second-order valence-electron chi connectivity index (χ2n) is 9.24. The molecule has 1 fully saturated rings. The summed E-state index contributed by atoms with van der Waals surface area (Å²) in [7, 11) is 0. The van der Waals surface area contributed by atoms with Crippen LogP contribution in [0.15, 0.2) is 18.2 Å². The van der Waals surface area contributed by atoms with E-state index in [1.807, 2.05) is 0 Å². The molecule has 3 heteroatoms. The van der Waals surface area contributed by atoms with Crippen LogP contribution in [0.25, 0.3) is 11.0 Å². The van der Waals surface area contributed by atoms with Gasteiger partial charge in [-0.25, -0.2) is 4.98 Å². The Morgan fingerprint density at radius 2 is 1.73 bits per heavy atom. The molecule has 0 radical (unpaired) electrons. The molecule has 0 unspecified atom stereocenters. The molecule has 1 aliphatic rings. The van der Waals surface area contributed by atoms with Gasteiger partial charge in [-0.1, -0.05) is 40.2 Å². The summed E-state index contributed by atoms with van der Waals surface area (Å²) in [5.41, 5.74) is 3.77. The van der Waals surface area contributed by atoms with Crippen molar-refractivity contribution in [3.63, 3.8) is 0 Å². The zero-order valence-corrected chi connectivity index (χ0v) is 18.2. The van der Waals surface area contributed by atoms with Crippen LogP contribution < -0.4 is 0 Å². The van der Waals surface area contributed by atoms with Gasteiger partial charge >= 0.3 is 0 Å². The molecule has 0 saturated heterocycles. The molecule has 146 valence electrons. The van der Waals surface area contributed by atoms with Crippen LogP contribution in [0.3, 0.4) is 0 Å². The third-order valence-electron chi connectivity index (χ3n) is 5.42. The van der Waals surface area contributed by atoms with Gasteiger partial charge in [0.15, 0.2) is 0 Å². The van der Waals surface area contributed by atoms with Crippen LogP contribution in [0.4, 0.5) is 0 Å². The summed E-state index contributed by atoms with van der Waals surface area (Å²) < 4.78 is 0. The summed E-state index contributed by atoms with van der Waals surface area (Å²) in [6.07, 6.45) is 5.26. The molecular weight excluding hydrogens is 318 g/mol. The first kappa shape index (κ1) is 21.0. The fourth-order valence-corrected chi connectivity index (χ4v) is 3.82. The Labute approximate surface area is 160 Å². The zero-order valence-electron chi connectivity index (χ0n) is 18.2. The topological polar surface area (TPSA) is 31.9 Å². The van der Waals surface area contributed by atoms with Gasteiger partial charge in [-0.05, 0) is 63.6 Å². The number of hydrogen-bond donors (Lipinski definition) is 1. The van der Waals surface area contributed by atoms with Gasteiger partial charge in [0, 0.05) is 24.5 Å². The number of imidazole rings is 1. The van der Waals surface area contributed by atoms with Crippen LogP contribution in [-0.2, 0) is 11.8 Å². The molecule has 0 atom stereocenters. The number of aromatic amines is 1. The third-order valence-corrected chi connectivity index (χ3v) is 5.42. The van der Waals surface area contributed by atoms with Crippen LogP contribution >= 0.6 is 0 Å². The third kappa shape index (κ3) is 5.09. The lowest BCUT2D eigenvalue weighted by molar-refractivity contribution is 0.0631. The highest BCUT2D eigenvalue weighted by molar-refractivity contribution is 5.76. The monoisotopic (exact) mass is 357 g/mol. The van der Waals surface area contributed by atoms with Crippen molar-refractivity contribution >= 4 is 11.0 Å². The highest BCUT2D eigenvalue weighted by atomic mass is 15.2. The molecule has 3 nitrogen and oxygen atoms in total. The van der Waals surface area contributed by atoms with Crippen molar-refractivity contribution < 1.29 is 0 Å². The normalized spacial score (nSPS) is 15.5. The second kappa shape index (κ2) is 8.56. The molecule has 0 aliphatic heterocycles. The van der Waals surface area contributed by atoms with Gasteiger partial charge in [0.05, 0.1) is 11.0 Å². The maximum atomic E-state index is 4.50. The van der Waals surface area contributed by atoms with Crippen molar-refractivity contribution in [2.45, 2.75) is 105 Å². The molecule has 1 aromatic heterocycles. The molecule has 0 spiro atoms. The first-order valence-electron chi connectivity index (χ1n) is 10.4. The van der Waals surface area contributed by atoms with Crippen molar-refractivity contribution in [1.29, 1.82) is 0 Å². The average Bonchev–Trinajstić information content (AvgIpc) is 2.91. The largest absolute Gasteiger partial charge is 0.342 e. The van der Waals surface area contributed by atoms with Crippen LogP contribution in [0.2, 0.25) is 0 Å². The zero-order chi connectivity index (χ0) is 19.5. The molecule has 1 aromatic carbocycles. The SMILES string of the molecule is CC(C)N(C(C)C)C1CCC1.CCc1nc2ccc(C(C)(C)C)cc2[nH]1. The highest BCUT2D eigenvalue weighted by Gasteiger charge is 2.28. The van der Waals surface area contributed by atoms with Gasteiger partial charge in [0.25, 0.3) is 0 Å². The van der Waals surface area contributed by atoms with E-state index in [2.05, 4.69) is 88.5 Å². The minimum absolute atomic E-state index is 0.200. The van der Waals surface area contributed by atoms with Crippen LogP contribution in [0.1, 0.15) is 86.0 Å². The van der Waals surface area contributed by atoms with E-state index in [0.29, 0.717) is 0 Å². The van der Waals surface area contributed by atoms with Crippen LogP contribution in [0.5, 0.6) is 0 Å². The molecule has 0 amide bonds. The predicted molar refractivity (Wildman–Crippen MR) is 114 cm³/mol. The van der Waals surface area contributed by atoms with Crippen molar-refractivity contribution in [3.05, 3.63) is 29.6 Å². The molecular formula is C23H39N3. The van der Waals surface area contributed by atoms with E-state index in [1.54, 1.807) is 0 Å². The number of aryl methyl sites for hydroxylation is 1. The summed E-state index contributed by atoms with van der Waals surface area (Å²) in [5, 5.41) is 0. The Hall–Kier alpha value is -1.35. The number of nitrogens with zero attached hydrogens (tertiary/aromatic N) is 2. The Morgan fingerprint density at radius 3 is 2.12 bits per heavy atom. The van der Waals surface area contributed by atoms with Gasteiger partial charge in [-0.15, -0.1) is 0 Å². The molecule has 26 heavy (non-hydrogen) atoms. The molecule has 1 N–H and O–H groups in total. The van der Waals surface area contributed by atoms with Gasteiger partial charge in [0.1, 0.15) is 5.82 Å². The number of nitrogens with one attached hydrogen (secondary N) is 1. The smallest absolute Gasteiger partial charge is 0.106 e.